The fraction of sp³-hybridized carbons (Fsp3) is 0.579. The Kier molecular flexibility index (Phi) is 6.24. The third-order valence-electron chi connectivity index (χ3n) is 5.28. The molecule has 2 saturated heterocycles. The van der Waals surface area contributed by atoms with Crippen LogP contribution in [0.2, 0.25) is 0 Å². The first-order valence-corrected chi connectivity index (χ1v) is 11.1. The Morgan fingerprint density at radius 1 is 1.18 bits per heavy atom. The molecule has 154 valence electrons. The van der Waals surface area contributed by atoms with Gasteiger partial charge in [-0.2, -0.15) is 4.31 Å². The number of carbonyl (C=O) groups is 2. The van der Waals surface area contributed by atoms with Crippen LogP contribution in [-0.4, -0.2) is 62.2 Å². The first kappa shape index (κ1) is 20.6. The smallest absolute Gasteiger partial charge is 0.260 e. The molecule has 2 amide bonds. The Balaban J connectivity index is 1.74. The molecule has 3 rings (SSSR count). The van der Waals surface area contributed by atoms with Gasteiger partial charge < -0.3 is 15.4 Å². The van der Waals surface area contributed by atoms with E-state index in [0.29, 0.717) is 32.1 Å². The van der Waals surface area contributed by atoms with Crippen LogP contribution in [0.25, 0.3) is 0 Å². The topological polar surface area (TPSA) is 110 Å². The second kappa shape index (κ2) is 8.48. The third-order valence-corrected chi connectivity index (χ3v) is 7.17. The average molecular weight is 410 g/mol. The highest BCUT2D eigenvalue weighted by molar-refractivity contribution is 7.89. The minimum absolute atomic E-state index is 0.00623. The van der Waals surface area contributed by atoms with Gasteiger partial charge in [-0.1, -0.05) is 6.92 Å². The molecule has 28 heavy (non-hydrogen) atoms. The predicted molar refractivity (Wildman–Crippen MR) is 103 cm³/mol. The summed E-state index contributed by atoms with van der Waals surface area (Å²) in [6, 6.07) is 4.02. The van der Waals surface area contributed by atoms with Gasteiger partial charge in [0.1, 0.15) is 5.75 Å². The lowest BCUT2D eigenvalue weighted by atomic mass is 10.0. The Morgan fingerprint density at radius 2 is 1.89 bits per heavy atom. The van der Waals surface area contributed by atoms with Crippen molar-refractivity contribution in [1.29, 1.82) is 0 Å². The maximum absolute atomic E-state index is 12.7. The zero-order valence-corrected chi connectivity index (χ0v) is 16.9. The van der Waals surface area contributed by atoms with E-state index in [2.05, 4.69) is 6.92 Å². The summed E-state index contributed by atoms with van der Waals surface area (Å²) in [6.07, 6.45) is 3.70. The molecule has 0 aliphatic carbocycles. The summed E-state index contributed by atoms with van der Waals surface area (Å²) in [5, 5.41) is 0. The van der Waals surface area contributed by atoms with E-state index in [4.69, 9.17) is 10.5 Å². The molecule has 2 N–H and O–H groups in total. The lowest BCUT2D eigenvalue weighted by Gasteiger charge is -2.30. The van der Waals surface area contributed by atoms with Gasteiger partial charge in [0, 0.05) is 26.2 Å². The molecule has 0 unspecified atom stereocenters. The lowest BCUT2D eigenvalue weighted by molar-refractivity contribution is -0.135. The van der Waals surface area contributed by atoms with E-state index in [1.807, 2.05) is 0 Å². The van der Waals surface area contributed by atoms with Crippen LogP contribution in [0.4, 0.5) is 0 Å². The molecule has 9 heteroatoms. The number of benzene rings is 1. The average Bonchev–Trinajstić information content (AvgIpc) is 3.21. The zero-order valence-electron chi connectivity index (χ0n) is 16.1. The van der Waals surface area contributed by atoms with Gasteiger partial charge in [0.15, 0.2) is 6.61 Å². The van der Waals surface area contributed by atoms with E-state index in [9.17, 15) is 18.0 Å². The summed E-state index contributed by atoms with van der Waals surface area (Å²) in [4.78, 5) is 26.0. The quantitative estimate of drug-likeness (QED) is 0.759. The molecule has 1 aromatic rings. The molecule has 0 radical (unpaired) electrons. The summed E-state index contributed by atoms with van der Waals surface area (Å²) in [5.74, 6) is -0.386. The van der Waals surface area contributed by atoms with E-state index in [-0.39, 0.29) is 28.7 Å². The second-order valence-corrected chi connectivity index (χ2v) is 9.45. The highest BCUT2D eigenvalue weighted by Crippen LogP contribution is 2.26. The minimum atomic E-state index is -3.67. The Labute approximate surface area is 165 Å². The first-order chi connectivity index (χ1) is 13.3. The number of sulfonamides is 1. The van der Waals surface area contributed by atoms with Crippen molar-refractivity contribution in [3.8, 4) is 5.75 Å². The largest absolute Gasteiger partial charge is 0.483 e. The Bertz CT molecular complexity index is 849. The van der Waals surface area contributed by atoms with Crippen LogP contribution in [-0.2, 0) is 14.8 Å². The van der Waals surface area contributed by atoms with Gasteiger partial charge >= 0.3 is 0 Å². The Morgan fingerprint density at radius 3 is 2.54 bits per heavy atom. The van der Waals surface area contributed by atoms with Crippen molar-refractivity contribution in [3.63, 3.8) is 0 Å². The van der Waals surface area contributed by atoms with E-state index in [1.165, 1.54) is 22.5 Å². The number of primary amides is 1. The maximum Gasteiger partial charge on any atom is 0.260 e. The van der Waals surface area contributed by atoms with Crippen LogP contribution < -0.4 is 10.5 Å². The monoisotopic (exact) mass is 409 g/mol. The molecule has 0 bridgehead atoms. The van der Waals surface area contributed by atoms with Gasteiger partial charge in [0.25, 0.3) is 11.8 Å². The summed E-state index contributed by atoms with van der Waals surface area (Å²) >= 11 is 0. The number of piperidine rings is 1. The van der Waals surface area contributed by atoms with Crippen LogP contribution in [0, 0.1) is 5.92 Å². The van der Waals surface area contributed by atoms with Crippen molar-refractivity contribution in [2.75, 3.05) is 32.8 Å². The van der Waals surface area contributed by atoms with Crippen LogP contribution in [0.3, 0.4) is 0 Å². The normalized spacial score (nSPS) is 20.9. The fourth-order valence-corrected chi connectivity index (χ4v) is 5.26. The lowest BCUT2D eigenvalue weighted by Crippen LogP contribution is -2.41. The summed E-state index contributed by atoms with van der Waals surface area (Å²) in [6.45, 7) is 4.21. The summed E-state index contributed by atoms with van der Waals surface area (Å²) in [5.41, 5.74) is 5.38. The number of rotatable bonds is 6. The number of hydrogen-bond donors (Lipinski definition) is 1. The van der Waals surface area contributed by atoms with Crippen molar-refractivity contribution < 1.29 is 22.7 Å². The maximum atomic E-state index is 12.7. The standard InChI is InChI=1S/C19H27N3O5S/c1-14-5-4-8-21(12-14)18(23)13-27-17-7-6-15(11-16(17)19(20)24)28(25,26)22-9-2-3-10-22/h6-7,11,14H,2-5,8-10,12-13H2,1H3,(H2,20,24)/t14-/m1/s1. The van der Waals surface area contributed by atoms with Crippen molar-refractivity contribution in [2.45, 2.75) is 37.5 Å². The molecular formula is C19H27N3O5S. The molecule has 1 aromatic carbocycles. The van der Waals surface area contributed by atoms with Crippen LogP contribution in [0.1, 0.15) is 43.0 Å². The predicted octanol–water partition coefficient (Wildman–Crippen LogP) is 1.21. The van der Waals surface area contributed by atoms with E-state index in [1.54, 1.807) is 4.90 Å². The Hall–Kier alpha value is -2.13. The molecule has 0 spiro atoms. The van der Waals surface area contributed by atoms with Crippen molar-refractivity contribution in [1.82, 2.24) is 9.21 Å². The fourth-order valence-electron chi connectivity index (χ4n) is 3.71. The zero-order chi connectivity index (χ0) is 20.3. The molecule has 2 heterocycles. The molecule has 2 fully saturated rings. The van der Waals surface area contributed by atoms with Crippen LogP contribution >= 0.6 is 0 Å². The summed E-state index contributed by atoms with van der Waals surface area (Å²) in [7, 11) is -3.67. The van der Waals surface area contributed by atoms with Gasteiger partial charge in [-0.05, 0) is 49.8 Å². The van der Waals surface area contributed by atoms with Crippen LogP contribution in [0.15, 0.2) is 23.1 Å². The van der Waals surface area contributed by atoms with Crippen molar-refractivity contribution in [2.24, 2.45) is 11.7 Å². The number of carbonyl (C=O) groups excluding carboxylic acids is 2. The minimum Gasteiger partial charge on any atom is -0.483 e. The van der Waals surface area contributed by atoms with Gasteiger partial charge in [-0.3, -0.25) is 9.59 Å². The number of nitrogens with two attached hydrogens (primary N) is 1. The van der Waals surface area contributed by atoms with Gasteiger partial charge in [0.2, 0.25) is 10.0 Å². The molecule has 8 nitrogen and oxygen atoms in total. The van der Waals surface area contributed by atoms with Gasteiger partial charge in [-0.25, -0.2) is 8.42 Å². The number of amides is 2. The van der Waals surface area contributed by atoms with Gasteiger partial charge in [0.05, 0.1) is 10.5 Å². The number of nitrogens with zero attached hydrogens (tertiary/aromatic N) is 2. The SMILES string of the molecule is C[C@@H]1CCCN(C(=O)COc2ccc(S(=O)(=O)N3CCCC3)cc2C(N)=O)C1. The molecule has 0 saturated carbocycles. The van der Waals surface area contributed by atoms with Crippen molar-refractivity contribution in [3.05, 3.63) is 23.8 Å². The highest BCUT2D eigenvalue weighted by atomic mass is 32.2. The molecule has 0 aromatic heterocycles. The van der Waals surface area contributed by atoms with Crippen LogP contribution in [0.5, 0.6) is 5.75 Å². The molecular weight excluding hydrogens is 382 g/mol. The van der Waals surface area contributed by atoms with Crippen molar-refractivity contribution >= 4 is 21.8 Å². The molecule has 1 atom stereocenters. The van der Waals surface area contributed by atoms with E-state index >= 15 is 0 Å². The highest BCUT2D eigenvalue weighted by Gasteiger charge is 2.29. The molecule has 2 aliphatic rings. The van der Waals surface area contributed by atoms with E-state index in [0.717, 1.165) is 25.7 Å². The van der Waals surface area contributed by atoms with Gasteiger partial charge in [-0.15, -0.1) is 0 Å². The number of hydrogen-bond acceptors (Lipinski definition) is 5. The van der Waals surface area contributed by atoms with E-state index < -0.39 is 15.9 Å². The third kappa shape index (κ3) is 4.47. The summed E-state index contributed by atoms with van der Waals surface area (Å²) < 4.78 is 32.3. The number of likely N-dealkylation sites (tertiary alicyclic amines) is 1. The second-order valence-electron chi connectivity index (χ2n) is 7.51. The molecule has 2 aliphatic heterocycles. The number of ether oxygens (including phenoxy) is 1. The first-order valence-electron chi connectivity index (χ1n) is 9.63.